The first-order valence-corrected chi connectivity index (χ1v) is 8.89. The minimum Gasteiger partial charge on any atom is -0.434 e. The zero-order valence-corrected chi connectivity index (χ0v) is 15.1. The minimum atomic E-state index is -3.28. The molecule has 26 heavy (non-hydrogen) atoms. The number of rotatable bonds is 4. The lowest BCUT2D eigenvalue weighted by molar-refractivity contribution is 0.0737. The van der Waals surface area contributed by atoms with Crippen LogP contribution in [-0.2, 0) is 5.25 Å². The molecule has 0 saturated heterocycles. The molecule has 4 rings (SSSR count). The van der Waals surface area contributed by atoms with Crippen LogP contribution in [0.15, 0.2) is 70.0 Å². The molecule has 6 heteroatoms. The average Bonchev–Trinajstić information content (AvgIpc) is 3.07. The van der Waals surface area contributed by atoms with Gasteiger partial charge in [-0.2, -0.15) is 8.78 Å². The van der Waals surface area contributed by atoms with E-state index >= 15 is 0 Å². The van der Waals surface area contributed by atoms with Crippen LogP contribution in [0.1, 0.15) is 5.89 Å². The van der Waals surface area contributed by atoms with Crippen molar-refractivity contribution in [2.24, 2.45) is 0 Å². The molecule has 0 aliphatic rings. The van der Waals surface area contributed by atoms with Crippen LogP contribution in [0.4, 0.5) is 14.5 Å². The van der Waals surface area contributed by atoms with E-state index in [2.05, 4.69) is 4.98 Å². The molecular weight excluding hydrogens is 354 g/mol. The summed E-state index contributed by atoms with van der Waals surface area (Å²) in [5, 5.41) is -1.57. The van der Waals surface area contributed by atoms with Crippen LogP contribution in [0, 0.1) is 0 Å². The predicted molar refractivity (Wildman–Crippen MR) is 102 cm³/mol. The number of oxazole rings is 1. The number of aromatic nitrogens is 1. The first-order chi connectivity index (χ1) is 12.5. The van der Waals surface area contributed by atoms with Crippen LogP contribution in [0.3, 0.4) is 0 Å². The van der Waals surface area contributed by atoms with Crippen molar-refractivity contribution in [3.05, 3.63) is 66.6 Å². The molecule has 1 heterocycles. The second kappa shape index (κ2) is 6.29. The third kappa shape index (κ3) is 2.90. The van der Waals surface area contributed by atoms with E-state index in [4.69, 9.17) is 4.42 Å². The van der Waals surface area contributed by atoms with Crippen LogP contribution >= 0.6 is 11.8 Å². The largest absolute Gasteiger partial charge is 0.434 e. The summed E-state index contributed by atoms with van der Waals surface area (Å²) in [5.41, 5.74) is 1.77. The van der Waals surface area contributed by atoms with Crippen molar-refractivity contribution in [2.45, 2.75) is 10.2 Å². The zero-order valence-electron chi connectivity index (χ0n) is 14.2. The van der Waals surface area contributed by atoms with E-state index in [0.717, 1.165) is 16.5 Å². The maximum Gasteiger partial charge on any atom is 0.372 e. The summed E-state index contributed by atoms with van der Waals surface area (Å²) in [6, 6.07) is 17.9. The average molecular weight is 370 g/mol. The number of alkyl halides is 2. The number of halogens is 2. The molecule has 3 aromatic carbocycles. The van der Waals surface area contributed by atoms with Gasteiger partial charge in [-0.05, 0) is 41.4 Å². The molecule has 4 aromatic rings. The molecular formula is C20H16F2N2OS. The van der Waals surface area contributed by atoms with Crippen molar-refractivity contribution in [2.75, 3.05) is 19.0 Å². The Morgan fingerprint density at radius 3 is 2.35 bits per heavy atom. The Balaban J connectivity index is 1.77. The Bertz CT molecular complexity index is 1060. The molecule has 0 unspecified atom stereocenters. The van der Waals surface area contributed by atoms with E-state index in [-0.39, 0.29) is 0 Å². The monoisotopic (exact) mass is 370 g/mol. The van der Waals surface area contributed by atoms with Crippen LogP contribution in [0.2, 0.25) is 0 Å². The van der Waals surface area contributed by atoms with Gasteiger partial charge in [-0.1, -0.05) is 36.4 Å². The van der Waals surface area contributed by atoms with Gasteiger partial charge in [0.2, 0.25) is 0 Å². The number of anilines is 1. The maximum absolute atomic E-state index is 14.9. The minimum absolute atomic E-state index is 0.357. The van der Waals surface area contributed by atoms with Gasteiger partial charge in [0.25, 0.3) is 5.89 Å². The predicted octanol–water partition coefficient (Wildman–Crippen LogP) is 5.89. The van der Waals surface area contributed by atoms with Crippen molar-refractivity contribution in [3.63, 3.8) is 0 Å². The summed E-state index contributed by atoms with van der Waals surface area (Å²) in [6.07, 6.45) is 0. The van der Waals surface area contributed by atoms with Gasteiger partial charge in [-0.25, -0.2) is 4.98 Å². The highest BCUT2D eigenvalue weighted by Gasteiger charge is 2.39. The third-order valence-electron chi connectivity index (χ3n) is 4.12. The first-order valence-electron chi connectivity index (χ1n) is 8.08. The maximum atomic E-state index is 14.9. The van der Waals surface area contributed by atoms with Gasteiger partial charge < -0.3 is 9.32 Å². The number of hydrogen-bond acceptors (Lipinski definition) is 4. The first kappa shape index (κ1) is 16.8. The van der Waals surface area contributed by atoms with E-state index in [1.165, 1.54) is 0 Å². The molecule has 1 aromatic heterocycles. The number of benzene rings is 3. The number of thioether (sulfide) groups is 1. The van der Waals surface area contributed by atoms with Gasteiger partial charge >= 0.3 is 5.25 Å². The molecule has 3 nitrogen and oxygen atoms in total. The number of hydrogen-bond donors (Lipinski definition) is 0. The van der Waals surface area contributed by atoms with E-state index in [9.17, 15) is 8.78 Å². The smallest absolute Gasteiger partial charge is 0.372 e. The second-order valence-electron chi connectivity index (χ2n) is 6.13. The van der Waals surface area contributed by atoms with Gasteiger partial charge in [0.05, 0.1) is 0 Å². The molecule has 0 aliphatic carbocycles. The molecule has 0 atom stereocenters. The van der Waals surface area contributed by atoms with Gasteiger partial charge in [0.1, 0.15) is 5.52 Å². The lowest BCUT2D eigenvalue weighted by Gasteiger charge is -2.19. The van der Waals surface area contributed by atoms with Crippen molar-refractivity contribution >= 4 is 39.3 Å². The van der Waals surface area contributed by atoms with E-state index in [0.29, 0.717) is 27.8 Å². The SMILES string of the molecule is CN(C)c1ccc(SC(F)(F)c2nc3ccccc3o2)c2ccccc12. The summed E-state index contributed by atoms with van der Waals surface area (Å²) in [7, 11) is 3.86. The number of para-hydroxylation sites is 2. The summed E-state index contributed by atoms with van der Waals surface area (Å²) >= 11 is 0.456. The summed E-state index contributed by atoms with van der Waals surface area (Å²) in [4.78, 5) is 6.41. The highest BCUT2D eigenvalue weighted by atomic mass is 32.2. The van der Waals surface area contributed by atoms with Crippen LogP contribution in [-0.4, -0.2) is 19.1 Å². The molecule has 0 spiro atoms. The Morgan fingerprint density at radius 2 is 1.62 bits per heavy atom. The lowest BCUT2D eigenvalue weighted by Crippen LogP contribution is -2.10. The summed E-state index contributed by atoms with van der Waals surface area (Å²) < 4.78 is 35.0. The lowest BCUT2D eigenvalue weighted by atomic mass is 10.1. The molecule has 132 valence electrons. The molecule has 0 radical (unpaired) electrons. The van der Waals surface area contributed by atoms with Crippen molar-refractivity contribution in [3.8, 4) is 0 Å². The topological polar surface area (TPSA) is 29.3 Å². The molecule has 0 amide bonds. The fourth-order valence-electron chi connectivity index (χ4n) is 2.91. The molecule has 0 bridgehead atoms. The van der Waals surface area contributed by atoms with E-state index < -0.39 is 11.1 Å². The quantitative estimate of drug-likeness (QED) is 0.419. The normalized spacial score (nSPS) is 12.0. The van der Waals surface area contributed by atoms with Crippen molar-refractivity contribution < 1.29 is 13.2 Å². The summed E-state index contributed by atoms with van der Waals surface area (Å²) in [5.74, 6) is -0.579. The summed E-state index contributed by atoms with van der Waals surface area (Å²) in [6.45, 7) is 0. The van der Waals surface area contributed by atoms with E-state index in [1.807, 2.05) is 49.3 Å². The Hall–Kier alpha value is -2.60. The van der Waals surface area contributed by atoms with Crippen LogP contribution in [0.25, 0.3) is 21.9 Å². The highest BCUT2D eigenvalue weighted by molar-refractivity contribution is 8.00. The Kier molecular flexibility index (Phi) is 4.07. The van der Waals surface area contributed by atoms with Crippen LogP contribution in [0.5, 0.6) is 0 Å². The van der Waals surface area contributed by atoms with Gasteiger partial charge in [-0.15, -0.1) is 0 Å². The van der Waals surface area contributed by atoms with Gasteiger partial charge in [0.15, 0.2) is 5.58 Å². The van der Waals surface area contributed by atoms with Gasteiger partial charge in [0, 0.05) is 30.1 Å². The number of fused-ring (bicyclic) bond motifs is 2. The van der Waals surface area contributed by atoms with Crippen LogP contribution < -0.4 is 4.90 Å². The fourth-order valence-corrected chi connectivity index (χ4v) is 3.79. The zero-order chi connectivity index (χ0) is 18.3. The standard InChI is InChI=1S/C20H16F2N2OS/c1-24(2)16-11-12-18(14-8-4-3-7-13(14)16)26-20(21,22)19-23-15-9-5-6-10-17(15)25-19/h3-12H,1-2H3. The Morgan fingerprint density at radius 1 is 0.923 bits per heavy atom. The highest BCUT2D eigenvalue weighted by Crippen LogP contribution is 2.47. The second-order valence-corrected chi connectivity index (χ2v) is 7.29. The third-order valence-corrected chi connectivity index (χ3v) is 5.13. The molecule has 0 fully saturated rings. The molecule has 0 N–H and O–H groups in total. The molecule has 0 aliphatic heterocycles. The number of nitrogens with zero attached hydrogens (tertiary/aromatic N) is 2. The Labute approximate surface area is 153 Å². The van der Waals surface area contributed by atoms with Gasteiger partial charge in [-0.3, -0.25) is 0 Å². The fraction of sp³-hybridized carbons (Fsp3) is 0.150. The van der Waals surface area contributed by atoms with Crippen molar-refractivity contribution in [1.82, 2.24) is 4.98 Å². The van der Waals surface area contributed by atoms with E-state index in [1.54, 1.807) is 30.3 Å². The molecule has 0 saturated carbocycles. The van der Waals surface area contributed by atoms with Crippen molar-refractivity contribution in [1.29, 1.82) is 0 Å².